The maximum Gasteiger partial charge on any atom is 0.187 e. The zero-order valence-corrected chi connectivity index (χ0v) is 38.4. The van der Waals surface area contributed by atoms with E-state index in [-0.39, 0.29) is 58.0 Å². The van der Waals surface area contributed by atoms with Gasteiger partial charge in [-0.15, -0.1) is 0 Å². The summed E-state index contributed by atoms with van der Waals surface area (Å²) in [5.74, 6) is 0.344. The minimum atomic E-state index is -1.85. The molecule has 0 radical (unpaired) electrons. The minimum Gasteiger partial charge on any atom is -0.396 e. The molecule has 5 aliphatic carbocycles. The van der Waals surface area contributed by atoms with Crippen molar-refractivity contribution in [1.82, 2.24) is 0 Å². The van der Waals surface area contributed by atoms with Gasteiger partial charge < -0.3 is 84.2 Å². The van der Waals surface area contributed by atoms with Crippen molar-refractivity contribution >= 4 is 0 Å². The van der Waals surface area contributed by atoms with Crippen molar-refractivity contribution < 1.29 is 84.2 Å². The van der Waals surface area contributed by atoms with Crippen molar-refractivity contribution in [2.75, 3.05) is 26.4 Å². The average Bonchev–Trinajstić information content (AvgIpc) is 3.53. The lowest BCUT2D eigenvalue weighted by Crippen LogP contribution is -2.72. The Labute approximate surface area is 376 Å². The van der Waals surface area contributed by atoms with Gasteiger partial charge in [0.05, 0.1) is 50.3 Å². The van der Waals surface area contributed by atoms with E-state index in [4.69, 9.17) is 33.2 Å². The number of rotatable bonds is 8. The summed E-state index contributed by atoms with van der Waals surface area (Å²) >= 11 is 0. The maximum absolute atomic E-state index is 12.2. The Hall–Kier alpha value is -0.940. The standard InChI is InChI=1S/C47H76O17/c1-22-30(52)37(64-39-34(56)32(54)36(24(18-48)61-39)63-38-33(55)31(53)23(50)19-58-38)35(57)40(60-22)62-29-10-11-42(4)25(43(29,5)20-49)8-12-44(6)26(42)9-13-47-27-16-41(2,3)14-15-46(27,21-59-47)28(51)17-45(44,47)7/h9,13,22-40,48-57H,8,10-12,14-21H2,1-7H3. The van der Waals surface area contributed by atoms with E-state index in [9.17, 15) is 51.1 Å². The first-order valence-corrected chi connectivity index (χ1v) is 23.9. The number of ether oxygens (including phenoxy) is 7. The first kappa shape index (κ1) is 48.1. The second-order valence-corrected chi connectivity index (χ2v) is 23.3. The van der Waals surface area contributed by atoms with Crippen LogP contribution in [0.3, 0.4) is 0 Å². The molecule has 1 spiro atoms. The highest BCUT2D eigenvalue weighted by atomic mass is 16.8. The number of hydrogen-bond donors (Lipinski definition) is 10. The zero-order valence-electron chi connectivity index (χ0n) is 38.4. The van der Waals surface area contributed by atoms with Crippen LogP contribution in [0.25, 0.3) is 0 Å². The van der Waals surface area contributed by atoms with Crippen LogP contribution in [0.15, 0.2) is 12.2 Å². The summed E-state index contributed by atoms with van der Waals surface area (Å²) in [5.41, 5.74) is -2.14. The number of aliphatic hydroxyl groups excluding tert-OH is 10. The fraction of sp³-hybridized carbons (Fsp3) is 0.957. The molecule has 9 aliphatic rings. The van der Waals surface area contributed by atoms with Gasteiger partial charge in [-0.1, -0.05) is 53.7 Å². The van der Waals surface area contributed by atoms with E-state index in [0.29, 0.717) is 19.4 Å². The highest BCUT2D eigenvalue weighted by molar-refractivity contribution is 5.36. The molecule has 17 nitrogen and oxygen atoms in total. The fourth-order valence-corrected chi connectivity index (χ4v) is 15.5. The Morgan fingerprint density at radius 3 is 2.06 bits per heavy atom. The van der Waals surface area contributed by atoms with Gasteiger partial charge in [0.15, 0.2) is 18.9 Å². The van der Waals surface area contributed by atoms with Crippen LogP contribution in [-0.4, -0.2) is 181 Å². The molecule has 366 valence electrons. The lowest BCUT2D eigenvalue weighted by atomic mass is 9.32. The van der Waals surface area contributed by atoms with E-state index in [1.54, 1.807) is 6.92 Å². The SMILES string of the molecule is CC1OC(OC2CCC3(C)C(CCC4(C)C3C=CC35OCC6(CCC(C)(C)CC63)C(O)CC45C)C2(C)CO)C(O)C(OC2OC(CO)C(OC3OCC(O)C(O)C3O)C(O)C2O)C1O. The molecule has 10 N–H and O–H groups in total. The molecule has 4 saturated heterocycles. The van der Waals surface area contributed by atoms with E-state index in [2.05, 4.69) is 46.8 Å². The quantitative estimate of drug-likeness (QED) is 0.116. The molecule has 64 heavy (non-hydrogen) atoms. The Bertz CT molecular complexity index is 1750. The Morgan fingerprint density at radius 1 is 0.672 bits per heavy atom. The summed E-state index contributed by atoms with van der Waals surface area (Å²) in [7, 11) is 0. The Morgan fingerprint density at radius 2 is 1.36 bits per heavy atom. The van der Waals surface area contributed by atoms with Crippen molar-refractivity contribution in [2.24, 2.45) is 50.2 Å². The fourth-order valence-electron chi connectivity index (χ4n) is 15.5. The first-order valence-electron chi connectivity index (χ1n) is 23.9. The largest absolute Gasteiger partial charge is 0.396 e. The van der Waals surface area contributed by atoms with E-state index < -0.39 is 116 Å². The van der Waals surface area contributed by atoms with Crippen LogP contribution in [0.5, 0.6) is 0 Å². The molecule has 0 aromatic carbocycles. The van der Waals surface area contributed by atoms with Crippen LogP contribution >= 0.6 is 0 Å². The second kappa shape index (κ2) is 16.3. The molecule has 17 heteroatoms. The second-order valence-electron chi connectivity index (χ2n) is 23.3. The first-order chi connectivity index (χ1) is 30.0. The summed E-state index contributed by atoms with van der Waals surface area (Å²) in [4.78, 5) is 0. The summed E-state index contributed by atoms with van der Waals surface area (Å²) in [5, 5.41) is 110. The summed E-state index contributed by atoms with van der Waals surface area (Å²) in [6, 6.07) is 0. The Balaban J connectivity index is 0.918. The lowest BCUT2D eigenvalue weighted by Gasteiger charge is -2.73. The monoisotopic (exact) mass is 913 g/mol. The van der Waals surface area contributed by atoms with Gasteiger partial charge in [0.2, 0.25) is 0 Å². The van der Waals surface area contributed by atoms with Gasteiger partial charge >= 0.3 is 0 Å². The van der Waals surface area contributed by atoms with Gasteiger partial charge in [0.25, 0.3) is 0 Å². The van der Waals surface area contributed by atoms with Crippen molar-refractivity contribution in [3.8, 4) is 0 Å². The Kier molecular flexibility index (Phi) is 12.3. The van der Waals surface area contributed by atoms with E-state index in [1.165, 1.54) is 0 Å². The number of allylic oxidation sites excluding steroid dienone is 1. The zero-order chi connectivity index (χ0) is 46.3. The molecular weight excluding hydrogens is 837 g/mol. The van der Waals surface area contributed by atoms with E-state index in [1.807, 2.05) is 6.92 Å². The maximum atomic E-state index is 12.2. The van der Waals surface area contributed by atoms with E-state index >= 15 is 0 Å². The molecule has 2 bridgehead atoms. The van der Waals surface area contributed by atoms with Gasteiger partial charge in [-0.05, 0) is 86.4 Å². The van der Waals surface area contributed by atoms with Crippen molar-refractivity contribution in [1.29, 1.82) is 0 Å². The van der Waals surface area contributed by atoms with E-state index in [0.717, 1.165) is 38.5 Å². The molecule has 4 heterocycles. The van der Waals surface area contributed by atoms with Crippen LogP contribution < -0.4 is 0 Å². The average molecular weight is 913 g/mol. The predicted molar refractivity (Wildman–Crippen MR) is 223 cm³/mol. The molecule has 4 aliphatic heterocycles. The van der Waals surface area contributed by atoms with Crippen molar-refractivity contribution in [3.63, 3.8) is 0 Å². The molecule has 0 amide bonds. The molecular formula is C47H76O17. The third-order valence-corrected chi connectivity index (χ3v) is 19.6. The number of hydrogen-bond acceptors (Lipinski definition) is 17. The van der Waals surface area contributed by atoms with Gasteiger partial charge in [-0.3, -0.25) is 0 Å². The van der Waals surface area contributed by atoms with Gasteiger partial charge in [0.1, 0.15) is 61.0 Å². The topological polar surface area (TPSA) is 267 Å². The molecule has 9 rings (SSSR count). The van der Waals surface area contributed by atoms with Gasteiger partial charge in [-0.25, -0.2) is 0 Å². The van der Waals surface area contributed by atoms with Crippen LogP contribution in [0, 0.1) is 50.2 Å². The predicted octanol–water partition coefficient (Wildman–Crippen LogP) is 0.240. The highest BCUT2D eigenvalue weighted by Crippen LogP contribution is 2.79. The third kappa shape index (κ3) is 6.72. The minimum absolute atomic E-state index is 0.00283. The summed E-state index contributed by atoms with van der Waals surface area (Å²) in [6.45, 7) is 14.7. The van der Waals surface area contributed by atoms with Crippen LogP contribution in [0.1, 0.15) is 99.8 Å². The molecule has 4 saturated carbocycles. The number of aliphatic hydroxyl groups is 10. The molecule has 25 atom stereocenters. The molecule has 0 aromatic rings. The van der Waals surface area contributed by atoms with Crippen molar-refractivity contribution in [2.45, 2.75) is 204 Å². The third-order valence-electron chi connectivity index (χ3n) is 19.6. The van der Waals surface area contributed by atoms with Crippen molar-refractivity contribution in [3.05, 3.63) is 12.2 Å². The highest BCUT2D eigenvalue weighted by Gasteiger charge is 2.79. The lowest BCUT2D eigenvalue weighted by molar-refractivity contribution is -0.379. The van der Waals surface area contributed by atoms with Crippen LogP contribution in [-0.2, 0) is 33.2 Å². The number of fused-ring (bicyclic) bond motifs is 4. The normalized spacial score (nSPS) is 59.0. The van der Waals surface area contributed by atoms with Crippen LogP contribution in [0.2, 0.25) is 0 Å². The molecule has 25 unspecified atom stereocenters. The summed E-state index contributed by atoms with van der Waals surface area (Å²) < 4.78 is 42.7. The molecule has 0 aromatic heterocycles. The van der Waals surface area contributed by atoms with Crippen LogP contribution in [0.4, 0.5) is 0 Å². The summed E-state index contributed by atoms with van der Waals surface area (Å²) in [6.07, 6.45) is -10.8. The molecule has 8 fully saturated rings. The smallest absolute Gasteiger partial charge is 0.187 e. The van der Waals surface area contributed by atoms with Gasteiger partial charge in [0, 0.05) is 22.2 Å². The van der Waals surface area contributed by atoms with Gasteiger partial charge in [-0.2, -0.15) is 0 Å².